The number of rotatable bonds is 7. The van der Waals surface area contributed by atoms with Crippen LogP contribution in [0.25, 0.3) is 0 Å². The Morgan fingerprint density at radius 3 is 2.79 bits per heavy atom. The Morgan fingerprint density at radius 1 is 1.57 bits per heavy atom. The van der Waals surface area contributed by atoms with Crippen LogP contribution in [0.5, 0.6) is 0 Å². The smallest absolute Gasteiger partial charge is 0.354 e. The predicted octanol–water partition coefficient (Wildman–Crippen LogP) is 0.855. The molecule has 0 aromatic carbocycles. The van der Waals surface area contributed by atoms with Crippen LogP contribution in [-0.2, 0) is 14.3 Å². The van der Waals surface area contributed by atoms with E-state index in [0.29, 0.717) is 18.8 Å². The van der Waals surface area contributed by atoms with E-state index in [1.165, 1.54) is 6.08 Å². The molecule has 0 heterocycles. The van der Waals surface area contributed by atoms with Crippen LogP contribution in [0.15, 0.2) is 24.4 Å². The van der Waals surface area contributed by atoms with Gasteiger partial charge in [-0.25, -0.2) is 4.79 Å². The normalized spacial score (nSPS) is 10.9. The standard InChI is InChI=1S/C10H17NO3/c1-4-7-14-10(12)9(5-2)11-6-8-13-3/h4-5,11H,1,6-8H2,2-3H3. The second kappa shape index (κ2) is 8.31. The number of carbonyl (C=O) groups is 1. The van der Waals surface area contributed by atoms with E-state index in [9.17, 15) is 4.79 Å². The molecule has 0 saturated heterocycles. The largest absolute Gasteiger partial charge is 0.457 e. The molecule has 1 N–H and O–H groups in total. The van der Waals surface area contributed by atoms with Gasteiger partial charge in [0.25, 0.3) is 0 Å². The van der Waals surface area contributed by atoms with Crippen molar-refractivity contribution in [2.45, 2.75) is 6.92 Å². The van der Waals surface area contributed by atoms with Gasteiger partial charge in [-0.2, -0.15) is 0 Å². The molecule has 0 aromatic heterocycles. The second-order valence-electron chi connectivity index (χ2n) is 2.51. The Hall–Kier alpha value is -1.29. The van der Waals surface area contributed by atoms with Gasteiger partial charge < -0.3 is 14.8 Å². The fourth-order valence-electron chi connectivity index (χ4n) is 0.792. The van der Waals surface area contributed by atoms with Gasteiger partial charge >= 0.3 is 5.97 Å². The molecule has 4 heteroatoms. The van der Waals surface area contributed by atoms with Gasteiger partial charge in [0.15, 0.2) is 0 Å². The third-order valence-electron chi connectivity index (χ3n) is 1.46. The van der Waals surface area contributed by atoms with Gasteiger partial charge in [-0.15, -0.1) is 0 Å². The van der Waals surface area contributed by atoms with E-state index in [-0.39, 0.29) is 12.6 Å². The Morgan fingerprint density at radius 2 is 2.29 bits per heavy atom. The topological polar surface area (TPSA) is 47.6 Å². The maximum atomic E-state index is 11.3. The van der Waals surface area contributed by atoms with E-state index < -0.39 is 0 Å². The number of ether oxygens (including phenoxy) is 2. The van der Waals surface area contributed by atoms with Gasteiger partial charge in [0.1, 0.15) is 12.3 Å². The highest BCUT2D eigenvalue weighted by molar-refractivity contribution is 5.87. The number of esters is 1. The Balaban J connectivity index is 3.88. The summed E-state index contributed by atoms with van der Waals surface area (Å²) < 4.78 is 9.69. The van der Waals surface area contributed by atoms with Crippen LogP contribution in [0.4, 0.5) is 0 Å². The molecule has 80 valence electrons. The minimum Gasteiger partial charge on any atom is -0.457 e. The summed E-state index contributed by atoms with van der Waals surface area (Å²) in [5, 5.41) is 2.91. The lowest BCUT2D eigenvalue weighted by molar-refractivity contribution is -0.138. The average Bonchev–Trinajstić information content (AvgIpc) is 2.21. The zero-order valence-electron chi connectivity index (χ0n) is 8.71. The van der Waals surface area contributed by atoms with Gasteiger partial charge in [-0.05, 0) is 6.92 Å². The Bertz CT molecular complexity index is 211. The molecule has 0 aliphatic heterocycles. The molecule has 0 aliphatic rings. The average molecular weight is 199 g/mol. The molecule has 0 atom stereocenters. The number of methoxy groups -OCH3 is 1. The number of hydrogen-bond acceptors (Lipinski definition) is 4. The molecule has 0 unspecified atom stereocenters. The highest BCUT2D eigenvalue weighted by Crippen LogP contribution is 1.93. The van der Waals surface area contributed by atoms with Gasteiger partial charge in [0.05, 0.1) is 6.61 Å². The molecular formula is C10H17NO3. The first-order valence-electron chi connectivity index (χ1n) is 4.43. The number of carbonyl (C=O) groups excluding carboxylic acids is 1. The van der Waals surface area contributed by atoms with Crippen molar-refractivity contribution < 1.29 is 14.3 Å². The number of allylic oxidation sites excluding steroid dienone is 1. The molecular weight excluding hydrogens is 182 g/mol. The van der Waals surface area contributed by atoms with Gasteiger partial charge in [0, 0.05) is 13.7 Å². The van der Waals surface area contributed by atoms with Crippen molar-refractivity contribution in [3.8, 4) is 0 Å². The van der Waals surface area contributed by atoms with Crippen LogP contribution in [0.1, 0.15) is 6.92 Å². The molecule has 0 saturated carbocycles. The quantitative estimate of drug-likeness (QED) is 0.286. The summed E-state index contributed by atoms with van der Waals surface area (Å²) in [6.07, 6.45) is 3.20. The van der Waals surface area contributed by atoms with E-state index in [1.54, 1.807) is 20.1 Å². The molecule has 4 nitrogen and oxygen atoms in total. The van der Waals surface area contributed by atoms with E-state index in [0.717, 1.165) is 0 Å². The van der Waals surface area contributed by atoms with Crippen LogP contribution in [0.3, 0.4) is 0 Å². The van der Waals surface area contributed by atoms with Crippen LogP contribution < -0.4 is 5.32 Å². The summed E-state index contributed by atoms with van der Waals surface area (Å²) in [5.41, 5.74) is 0.448. The van der Waals surface area contributed by atoms with E-state index in [4.69, 9.17) is 9.47 Å². The fraction of sp³-hybridized carbons (Fsp3) is 0.500. The summed E-state index contributed by atoms with van der Waals surface area (Å²) in [6, 6.07) is 0. The molecule has 0 bridgehead atoms. The Kier molecular flexibility index (Phi) is 7.55. The summed E-state index contributed by atoms with van der Waals surface area (Å²) in [6.45, 7) is 6.58. The van der Waals surface area contributed by atoms with Crippen molar-refractivity contribution in [2.75, 3.05) is 26.9 Å². The Labute approximate surface area is 84.6 Å². The van der Waals surface area contributed by atoms with Crippen LogP contribution >= 0.6 is 0 Å². The summed E-state index contributed by atoms with van der Waals surface area (Å²) in [5.74, 6) is -0.372. The third kappa shape index (κ3) is 5.37. The van der Waals surface area contributed by atoms with Crippen molar-refractivity contribution >= 4 is 5.97 Å². The van der Waals surface area contributed by atoms with Gasteiger partial charge in [-0.1, -0.05) is 18.7 Å². The molecule has 0 radical (unpaired) electrons. The molecule has 0 spiro atoms. The fourth-order valence-corrected chi connectivity index (χ4v) is 0.792. The lowest BCUT2D eigenvalue weighted by Gasteiger charge is -2.08. The first-order chi connectivity index (χ1) is 6.76. The maximum absolute atomic E-state index is 11.3. The molecule has 0 aliphatic carbocycles. The number of hydrogen-bond donors (Lipinski definition) is 1. The van der Waals surface area contributed by atoms with Crippen molar-refractivity contribution in [3.05, 3.63) is 24.4 Å². The van der Waals surface area contributed by atoms with Gasteiger partial charge in [0.2, 0.25) is 0 Å². The molecule has 14 heavy (non-hydrogen) atoms. The first kappa shape index (κ1) is 12.7. The monoisotopic (exact) mass is 199 g/mol. The highest BCUT2D eigenvalue weighted by atomic mass is 16.5. The van der Waals surface area contributed by atoms with Crippen LogP contribution in [-0.4, -0.2) is 32.8 Å². The van der Waals surface area contributed by atoms with Crippen molar-refractivity contribution in [3.63, 3.8) is 0 Å². The van der Waals surface area contributed by atoms with Gasteiger partial charge in [-0.3, -0.25) is 0 Å². The third-order valence-corrected chi connectivity index (χ3v) is 1.46. The van der Waals surface area contributed by atoms with Crippen LogP contribution in [0, 0.1) is 0 Å². The van der Waals surface area contributed by atoms with Crippen molar-refractivity contribution in [1.82, 2.24) is 5.32 Å². The maximum Gasteiger partial charge on any atom is 0.354 e. The molecule has 0 fully saturated rings. The van der Waals surface area contributed by atoms with E-state index in [2.05, 4.69) is 11.9 Å². The summed E-state index contributed by atoms with van der Waals surface area (Å²) in [4.78, 5) is 11.3. The summed E-state index contributed by atoms with van der Waals surface area (Å²) in [7, 11) is 1.60. The minimum atomic E-state index is -0.372. The predicted molar refractivity (Wildman–Crippen MR) is 54.8 cm³/mol. The molecule has 0 rings (SSSR count). The van der Waals surface area contributed by atoms with Crippen LogP contribution in [0.2, 0.25) is 0 Å². The second-order valence-corrected chi connectivity index (χ2v) is 2.51. The SMILES string of the molecule is C=CCOC(=O)C(=CC)NCCOC. The van der Waals surface area contributed by atoms with E-state index in [1.807, 2.05) is 0 Å². The molecule has 0 amide bonds. The highest BCUT2D eigenvalue weighted by Gasteiger charge is 2.07. The lowest BCUT2D eigenvalue weighted by Crippen LogP contribution is -2.25. The minimum absolute atomic E-state index is 0.224. The number of nitrogens with one attached hydrogen (secondary N) is 1. The molecule has 0 aromatic rings. The van der Waals surface area contributed by atoms with Crippen molar-refractivity contribution in [1.29, 1.82) is 0 Å². The van der Waals surface area contributed by atoms with E-state index >= 15 is 0 Å². The summed E-state index contributed by atoms with van der Waals surface area (Å²) >= 11 is 0. The first-order valence-corrected chi connectivity index (χ1v) is 4.43. The lowest BCUT2D eigenvalue weighted by atomic mass is 10.4. The zero-order valence-corrected chi connectivity index (χ0v) is 8.71. The zero-order chi connectivity index (χ0) is 10.8. The van der Waals surface area contributed by atoms with Crippen molar-refractivity contribution in [2.24, 2.45) is 0 Å².